The van der Waals surface area contributed by atoms with E-state index in [9.17, 15) is 0 Å². The molecule has 0 amide bonds. The van der Waals surface area contributed by atoms with Gasteiger partial charge in [0.15, 0.2) is 0 Å². The molecular weight excluding hydrogens is 296 g/mol. The van der Waals surface area contributed by atoms with Crippen LogP contribution in [0, 0.1) is 11.8 Å². The van der Waals surface area contributed by atoms with E-state index in [1.165, 1.54) is 51.0 Å². The highest BCUT2D eigenvalue weighted by Gasteiger charge is 2.32. The molecule has 1 N–H and O–H groups in total. The molecule has 2 fully saturated rings. The normalized spacial score (nSPS) is 29.1. The van der Waals surface area contributed by atoms with Crippen LogP contribution < -0.4 is 10.1 Å². The first-order valence-corrected chi connectivity index (χ1v) is 8.35. The summed E-state index contributed by atoms with van der Waals surface area (Å²) in [6.45, 7) is 7.24. The van der Waals surface area contributed by atoms with Crippen LogP contribution in [-0.2, 0) is 0 Å². The number of piperidine rings is 1. The maximum atomic E-state index is 5.40. The van der Waals surface area contributed by atoms with Gasteiger partial charge in [0.25, 0.3) is 0 Å². The van der Waals surface area contributed by atoms with Crippen LogP contribution in [0.4, 0.5) is 0 Å². The van der Waals surface area contributed by atoms with E-state index in [0.29, 0.717) is 6.04 Å². The first-order chi connectivity index (χ1) is 10.3. The average Bonchev–Trinajstić information content (AvgIpc) is 2.89. The number of hydrogen-bond donors (Lipinski definition) is 1. The van der Waals surface area contributed by atoms with Crippen molar-refractivity contribution in [3.05, 3.63) is 29.8 Å². The number of nitrogens with one attached hydrogen (secondary N) is 1. The zero-order valence-corrected chi connectivity index (χ0v) is 14.6. The Bertz CT molecular complexity index is 462. The van der Waals surface area contributed by atoms with Gasteiger partial charge in [0.1, 0.15) is 5.75 Å². The predicted octanol–water partition coefficient (Wildman–Crippen LogP) is 3.50. The molecule has 0 aliphatic carbocycles. The summed E-state index contributed by atoms with van der Waals surface area (Å²) in [4.78, 5) is 2.71. The van der Waals surface area contributed by atoms with Crippen LogP contribution in [0.2, 0.25) is 0 Å². The first kappa shape index (κ1) is 17.6. The quantitative estimate of drug-likeness (QED) is 0.917. The molecule has 3 nitrogen and oxygen atoms in total. The van der Waals surface area contributed by atoms with Gasteiger partial charge in [0.2, 0.25) is 0 Å². The molecule has 22 heavy (non-hydrogen) atoms. The number of benzene rings is 1. The number of methoxy groups -OCH3 is 1. The summed E-state index contributed by atoms with van der Waals surface area (Å²) in [5.41, 5.74) is 1.42. The highest BCUT2D eigenvalue weighted by Crippen LogP contribution is 2.37. The summed E-state index contributed by atoms with van der Waals surface area (Å²) in [7, 11) is 1.75. The second-order valence-corrected chi connectivity index (χ2v) is 6.80. The van der Waals surface area contributed by atoms with Crippen LogP contribution in [0.1, 0.15) is 37.8 Å². The molecule has 0 bridgehead atoms. The molecule has 2 aliphatic rings. The van der Waals surface area contributed by atoms with Gasteiger partial charge < -0.3 is 10.1 Å². The van der Waals surface area contributed by atoms with Gasteiger partial charge in [-0.3, -0.25) is 4.90 Å². The van der Waals surface area contributed by atoms with E-state index in [1.807, 2.05) is 6.07 Å². The van der Waals surface area contributed by atoms with E-state index in [2.05, 4.69) is 35.3 Å². The van der Waals surface area contributed by atoms with E-state index >= 15 is 0 Å². The third-order valence-electron chi connectivity index (χ3n) is 4.98. The van der Waals surface area contributed by atoms with Crippen LogP contribution >= 0.6 is 12.4 Å². The molecule has 1 aromatic carbocycles. The Hall–Kier alpha value is -0.770. The molecule has 2 aliphatic heterocycles. The number of rotatable bonds is 4. The van der Waals surface area contributed by atoms with Crippen molar-refractivity contribution in [3.63, 3.8) is 0 Å². The molecule has 4 heteroatoms. The Balaban J connectivity index is 0.00000176. The molecule has 3 rings (SSSR count). The number of hydrogen-bond acceptors (Lipinski definition) is 3. The smallest absolute Gasteiger partial charge is 0.119 e. The Morgan fingerprint density at radius 2 is 2.23 bits per heavy atom. The van der Waals surface area contributed by atoms with Gasteiger partial charge in [-0.05, 0) is 61.9 Å². The van der Waals surface area contributed by atoms with Crippen LogP contribution in [-0.4, -0.2) is 38.2 Å². The Morgan fingerprint density at radius 3 is 2.95 bits per heavy atom. The van der Waals surface area contributed by atoms with Crippen molar-refractivity contribution in [1.82, 2.24) is 10.2 Å². The van der Waals surface area contributed by atoms with E-state index in [1.54, 1.807) is 7.11 Å². The van der Waals surface area contributed by atoms with Crippen molar-refractivity contribution >= 4 is 12.4 Å². The molecule has 0 aromatic heterocycles. The third-order valence-corrected chi connectivity index (χ3v) is 4.98. The van der Waals surface area contributed by atoms with Crippen LogP contribution in [0.5, 0.6) is 5.75 Å². The fourth-order valence-corrected chi connectivity index (χ4v) is 3.94. The summed E-state index contributed by atoms with van der Waals surface area (Å²) < 4.78 is 5.40. The molecule has 3 unspecified atom stereocenters. The van der Waals surface area contributed by atoms with Gasteiger partial charge in [-0.15, -0.1) is 12.4 Å². The van der Waals surface area contributed by atoms with E-state index in [-0.39, 0.29) is 12.4 Å². The van der Waals surface area contributed by atoms with E-state index in [0.717, 1.165) is 17.6 Å². The van der Waals surface area contributed by atoms with Crippen molar-refractivity contribution in [3.8, 4) is 5.75 Å². The van der Waals surface area contributed by atoms with Crippen LogP contribution in [0.3, 0.4) is 0 Å². The molecule has 0 radical (unpaired) electrons. The zero-order chi connectivity index (χ0) is 14.7. The minimum Gasteiger partial charge on any atom is -0.497 e. The maximum absolute atomic E-state index is 5.40. The minimum atomic E-state index is 0. The number of likely N-dealkylation sites (tertiary alicyclic amines) is 1. The predicted molar refractivity (Wildman–Crippen MR) is 93.9 cm³/mol. The highest BCUT2D eigenvalue weighted by atomic mass is 35.5. The fraction of sp³-hybridized carbons (Fsp3) is 0.667. The van der Waals surface area contributed by atoms with Gasteiger partial charge in [0, 0.05) is 19.1 Å². The molecular formula is C18H29ClN2O. The van der Waals surface area contributed by atoms with Crippen molar-refractivity contribution < 1.29 is 4.74 Å². The minimum absolute atomic E-state index is 0. The molecule has 2 heterocycles. The lowest BCUT2D eigenvalue weighted by atomic mass is 9.97. The molecule has 1 aromatic rings. The average molecular weight is 325 g/mol. The second-order valence-electron chi connectivity index (χ2n) is 6.80. The fourth-order valence-electron chi connectivity index (χ4n) is 3.94. The summed E-state index contributed by atoms with van der Waals surface area (Å²) in [5.74, 6) is 2.58. The second kappa shape index (κ2) is 8.19. The van der Waals surface area contributed by atoms with Crippen molar-refractivity contribution in [2.45, 2.75) is 32.2 Å². The lowest BCUT2D eigenvalue weighted by molar-refractivity contribution is 0.193. The maximum Gasteiger partial charge on any atom is 0.119 e. The summed E-state index contributed by atoms with van der Waals surface area (Å²) >= 11 is 0. The zero-order valence-electron chi connectivity index (χ0n) is 13.8. The Kier molecular flexibility index (Phi) is 6.54. The van der Waals surface area contributed by atoms with E-state index < -0.39 is 0 Å². The SMILES string of the molecule is COc1cccc(C2CC(C)CN2CC2CCCNC2)c1.Cl. The summed E-state index contributed by atoms with van der Waals surface area (Å²) in [6.07, 6.45) is 3.98. The lowest BCUT2D eigenvalue weighted by Gasteiger charge is -2.31. The van der Waals surface area contributed by atoms with Crippen molar-refractivity contribution in [2.24, 2.45) is 11.8 Å². The van der Waals surface area contributed by atoms with Gasteiger partial charge in [-0.25, -0.2) is 0 Å². The number of nitrogens with zero attached hydrogens (tertiary/aromatic N) is 1. The largest absolute Gasteiger partial charge is 0.497 e. The monoisotopic (exact) mass is 324 g/mol. The number of ether oxygens (including phenoxy) is 1. The standard InChI is InChI=1S/C18H28N2O.ClH/c1-14-9-18(16-6-3-7-17(10-16)21-2)20(12-14)13-15-5-4-8-19-11-15;/h3,6-7,10,14-15,18-19H,4-5,8-9,11-13H2,1-2H3;1H. The van der Waals surface area contributed by atoms with E-state index in [4.69, 9.17) is 4.74 Å². The highest BCUT2D eigenvalue weighted by molar-refractivity contribution is 5.85. The van der Waals surface area contributed by atoms with Crippen molar-refractivity contribution in [2.75, 3.05) is 33.3 Å². The Morgan fingerprint density at radius 1 is 1.36 bits per heavy atom. The summed E-state index contributed by atoms with van der Waals surface area (Å²) in [6, 6.07) is 9.21. The molecule has 0 saturated carbocycles. The molecule has 3 atom stereocenters. The van der Waals surface area contributed by atoms with Gasteiger partial charge in [-0.1, -0.05) is 19.1 Å². The van der Waals surface area contributed by atoms with Gasteiger partial charge >= 0.3 is 0 Å². The third kappa shape index (κ3) is 4.15. The lowest BCUT2D eigenvalue weighted by Crippen LogP contribution is -2.38. The molecule has 0 spiro atoms. The van der Waals surface area contributed by atoms with Crippen LogP contribution in [0.15, 0.2) is 24.3 Å². The topological polar surface area (TPSA) is 24.5 Å². The van der Waals surface area contributed by atoms with Gasteiger partial charge in [-0.2, -0.15) is 0 Å². The first-order valence-electron chi connectivity index (χ1n) is 8.35. The van der Waals surface area contributed by atoms with Crippen LogP contribution in [0.25, 0.3) is 0 Å². The molecule has 124 valence electrons. The van der Waals surface area contributed by atoms with Crippen molar-refractivity contribution in [1.29, 1.82) is 0 Å². The Labute approximate surface area is 140 Å². The number of halogens is 1. The summed E-state index contributed by atoms with van der Waals surface area (Å²) in [5, 5.41) is 3.55. The van der Waals surface area contributed by atoms with Gasteiger partial charge in [0.05, 0.1) is 7.11 Å². The molecule has 2 saturated heterocycles.